The molecule has 0 saturated carbocycles. The van der Waals surface area contributed by atoms with E-state index in [1.165, 1.54) is 5.56 Å². The van der Waals surface area contributed by atoms with Gasteiger partial charge in [-0.05, 0) is 31.0 Å². The van der Waals surface area contributed by atoms with Gasteiger partial charge in [0.05, 0.1) is 11.4 Å². The van der Waals surface area contributed by atoms with Crippen LogP contribution >= 0.6 is 0 Å². The molecule has 96 valence electrons. The Morgan fingerprint density at radius 3 is 2.94 bits per heavy atom. The summed E-state index contributed by atoms with van der Waals surface area (Å²) < 4.78 is 0. The number of aryl methyl sites for hydroxylation is 1. The number of hydrogen-bond donors (Lipinski definition) is 1. The standard InChI is InChI=1S/C14H19N3O/c1-10-2-4-13(12(15)8-10)16-6-7-17-11(9-16)3-5-14(17)18/h2,4,8,11H,3,5-7,9,15H2,1H3. The second kappa shape index (κ2) is 4.19. The molecular weight excluding hydrogens is 226 g/mol. The molecule has 2 aliphatic heterocycles. The summed E-state index contributed by atoms with van der Waals surface area (Å²) in [6, 6.07) is 6.59. The van der Waals surface area contributed by atoms with Crippen LogP contribution in [0.1, 0.15) is 18.4 Å². The third-order valence-corrected chi connectivity index (χ3v) is 4.02. The predicted molar refractivity (Wildman–Crippen MR) is 72.5 cm³/mol. The lowest BCUT2D eigenvalue weighted by atomic mass is 10.1. The van der Waals surface area contributed by atoms with E-state index in [-0.39, 0.29) is 0 Å². The monoisotopic (exact) mass is 245 g/mol. The minimum atomic E-state index is 0.316. The Kier molecular flexibility index (Phi) is 2.65. The Bertz CT molecular complexity index is 486. The number of carbonyl (C=O) groups excluding carboxylic acids is 1. The van der Waals surface area contributed by atoms with Crippen molar-refractivity contribution in [2.75, 3.05) is 30.3 Å². The van der Waals surface area contributed by atoms with E-state index in [1.807, 2.05) is 17.9 Å². The molecule has 0 spiro atoms. The van der Waals surface area contributed by atoms with Crippen LogP contribution in [0.4, 0.5) is 11.4 Å². The molecule has 0 aromatic heterocycles. The van der Waals surface area contributed by atoms with Crippen molar-refractivity contribution >= 4 is 17.3 Å². The van der Waals surface area contributed by atoms with E-state index in [1.54, 1.807) is 0 Å². The summed E-state index contributed by atoms with van der Waals surface area (Å²) in [6.07, 6.45) is 1.70. The maximum absolute atomic E-state index is 11.6. The summed E-state index contributed by atoms with van der Waals surface area (Å²) in [5, 5.41) is 0. The van der Waals surface area contributed by atoms with Crippen molar-refractivity contribution in [3.05, 3.63) is 23.8 Å². The third-order valence-electron chi connectivity index (χ3n) is 4.02. The molecule has 2 heterocycles. The zero-order chi connectivity index (χ0) is 12.7. The maximum Gasteiger partial charge on any atom is 0.223 e. The van der Waals surface area contributed by atoms with Gasteiger partial charge in [-0.25, -0.2) is 0 Å². The van der Waals surface area contributed by atoms with Crippen molar-refractivity contribution in [1.29, 1.82) is 0 Å². The van der Waals surface area contributed by atoms with Crippen molar-refractivity contribution in [2.24, 2.45) is 0 Å². The molecule has 1 amide bonds. The highest BCUT2D eigenvalue weighted by Crippen LogP contribution is 2.29. The molecule has 2 saturated heterocycles. The molecule has 18 heavy (non-hydrogen) atoms. The second-order valence-electron chi connectivity index (χ2n) is 5.29. The Morgan fingerprint density at radius 2 is 2.17 bits per heavy atom. The third kappa shape index (κ3) is 1.82. The average molecular weight is 245 g/mol. The molecule has 0 radical (unpaired) electrons. The maximum atomic E-state index is 11.6. The molecule has 1 atom stereocenters. The van der Waals surface area contributed by atoms with Gasteiger partial charge in [-0.1, -0.05) is 6.07 Å². The lowest BCUT2D eigenvalue weighted by Gasteiger charge is -2.39. The first-order valence-corrected chi connectivity index (χ1v) is 6.55. The van der Waals surface area contributed by atoms with Crippen LogP contribution in [0.15, 0.2) is 18.2 Å². The van der Waals surface area contributed by atoms with Crippen molar-refractivity contribution in [1.82, 2.24) is 4.90 Å². The molecule has 1 aromatic carbocycles. The molecule has 4 nitrogen and oxygen atoms in total. The van der Waals surface area contributed by atoms with Gasteiger partial charge in [0, 0.05) is 32.1 Å². The smallest absolute Gasteiger partial charge is 0.223 e. The highest BCUT2D eigenvalue weighted by molar-refractivity contribution is 5.79. The Hall–Kier alpha value is -1.71. The predicted octanol–water partition coefficient (Wildman–Crippen LogP) is 1.39. The topological polar surface area (TPSA) is 49.6 Å². The number of anilines is 2. The minimum Gasteiger partial charge on any atom is -0.397 e. The SMILES string of the molecule is Cc1ccc(N2CCN3C(=O)CCC3C2)c(N)c1. The van der Waals surface area contributed by atoms with Crippen LogP contribution < -0.4 is 10.6 Å². The van der Waals surface area contributed by atoms with E-state index in [4.69, 9.17) is 5.73 Å². The highest BCUT2D eigenvalue weighted by atomic mass is 16.2. The molecule has 3 rings (SSSR count). The van der Waals surface area contributed by atoms with Crippen LogP contribution in [0, 0.1) is 6.92 Å². The van der Waals surface area contributed by atoms with Gasteiger partial charge in [0.25, 0.3) is 0 Å². The molecule has 1 aromatic rings. The van der Waals surface area contributed by atoms with Gasteiger partial charge in [-0.3, -0.25) is 4.79 Å². The molecular formula is C14H19N3O. The molecule has 4 heteroatoms. The lowest BCUT2D eigenvalue weighted by Crippen LogP contribution is -2.51. The number of hydrogen-bond acceptors (Lipinski definition) is 3. The van der Waals surface area contributed by atoms with E-state index >= 15 is 0 Å². The van der Waals surface area contributed by atoms with Gasteiger partial charge in [0.1, 0.15) is 0 Å². The van der Waals surface area contributed by atoms with Crippen LogP contribution in [0.25, 0.3) is 0 Å². The van der Waals surface area contributed by atoms with Gasteiger partial charge in [0.2, 0.25) is 5.91 Å². The zero-order valence-corrected chi connectivity index (χ0v) is 10.7. The number of amides is 1. The van der Waals surface area contributed by atoms with Crippen LogP contribution in [0.2, 0.25) is 0 Å². The summed E-state index contributed by atoms with van der Waals surface area (Å²) in [5.74, 6) is 0.316. The second-order valence-corrected chi connectivity index (χ2v) is 5.29. The van der Waals surface area contributed by atoms with E-state index in [2.05, 4.69) is 17.0 Å². The molecule has 1 unspecified atom stereocenters. The Morgan fingerprint density at radius 1 is 1.33 bits per heavy atom. The number of rotatable bonds is 1. The van der Waals surface area contributed by atoms with Crippen LogP contribution in [-0.4, -0.2) is 36.5 Å². The van der Waals surface area contributed by atoms with E-state index < -0.39 is 0 Å². The first-order chi connectivity index (χ1) is 8.65. The fraction of sp³-hybridized carbons (Fsp3) is 0.500. The summed E-state index contributed by atoms with van der Waals surface area (Å²) in [7, 11) is 0. The number of fused-ring (bicyclic) bond motifs is 1. The van der Waals surface area contributed by atoms with E-state index in [0.717, 1.165) is 37.4 Å². The average Bonchev–Trinajstić information content (AvgIpc) is 2.71. The minimum absolute atomic E-state index is 0.316. The van der Waals surface area contributed by atoms with Crippen molar-refractivity contribution in [3.63, 3.8) is 0 Å². The zero-order valence-electron chi connectivity index (χ0n) is 10.7. The van der Waals surface area contributed by atoms with Crippen LogP contribution in [0.3, 0.4) is 0 Å². The van der Waals surface area contributed by atoms with Gasteiger partial charge >= 0.3 is 0 Å². The molecule has 2 aliphatic rings. The van der Waals surface area contributed by atoms with E-state index in [9.17, 15) is 4.79 Å². The first-order valence-electron chi connectivity index (χ1n) is 6.55. The van der Waals surface area contributed by atoms with Crippen molar-refractivity contribution in [2.45, 2.75) is 25.8 Å². The Labute approximate surface area is 107 Å². The summed E-state index contributed by atoms with van der Waals surface area (Å²) in [6.45, 7) is 4.68. The van der Waals surface area contributed by atoms with Crippen molar-refractivity contribution in [3.8, 4) is 0 Å². The van der Waals surface area contributed by atoms with Crippen molar-refractivity contribution < 1.29 is 4.79 Å². The largest absolute Gasteiger partial charge is 0.397 e. The van der Waals surface area contributed by atoms with Crippen LogP contribution in [-0.2, 0) is 4.79 Å². The normalized spacial score (nSPS) is 23.4. The Balaban J connectivity index is 1.80. The quantitative estimate of drug-likeness (QED) is 0.761. The fourth-order valence-corrected chi connectivity index (χ4v) is 3.05. The highest BCUT2D eigenvalue weighted by Gasteiger charge is 2.35. The fourth-order valence-electron chi connectivity index (χ4n) is 3.05. The number of carbonyl (C=O) groups is 1. The number of benzene rings is 1. The number of nitrogens with zero attached hydrogens (tertiary/aromatic N) is 2. The summed E-state index contributed by atoms with van der Waals surface area (Å²) >= 11 is 0. The number of nitrogens with two attached hydrogens (primary N) is 1. The van der Waals surface area contributed by atoms with E-state index in [0.29, 0.717) is 18.4 Å². The van der Waals surface area contributed by atoms with Gasteiger partial charge in [-0.15, -0.1) is 0 Å². The molecule has 2 N–H and O–H groups in total. The molecule has 0 aliphatic carbocycles. The van der Waals surface area contributed by atoms with Crippen LogP contribution in [0.5, 0.6) is 0 Å². The molecule has 0 bridgehead atoms. The first kappa shape index (κ1) is 11.4. The number of piperazine rings is 1. The van der Waals surface area contributed by atoms with Gasteiger partial charge in [0.15, 0.2) is 0 Å². The van der Waals surface area contributed by atoms with Gasteiger partial charge in [-0.2, -0.15) is 0 Å². The molecule has 2 fully saturated rings. The van der Waals surface area contributed by atoms with Gasteiger partial charge < -0.3 is 15.5 Å². The number of nitrogen functional groups attached to an aromatic ring is 1. The summed E-state index contributed by atoms with van der Waals surface area (Å²) in [4.78, 5) is 16.0. The summed E-state index contributed by atoms with van der Waals surface area (Å²) in [5.41, 5.74) is 9.23. The lowest BCUT2D eigenvalue weighted by molar-refractivity contribution is -0.129.